The van der Waals surface area contributed by atoms with Crippen LogP contribution in [0.3, 0.4) is 0 Å². The van der Waals surface area contributed by atoms with Gasteiger partial charge in [0.05, 0.1) is 11.9 Å². The third-order valence-corrected chi connectivity index (χ3v) is 5.27. The van der Waals surface area contributed by atoms with Crippen LogP contribution in [-0.4, -0.2) is 39.6 Å². The Morgan fingerprint density at radius 3 is 2.54 bits per heavy atom. The Morgan fingerprint density at radius 1 is 1.14 bits per heavy atom. The molecule has 2 N–H and O–H groups in total. The van der Waals surface area contributed by atoms with Crippen molar-refractivity contribution in [1.82, 2.24) is 10.9 Å². The number of nitrogens with one attached hydrogen (secondary N) is 2. The van der Waals surface area contributed by atoms with Crippen LogP contribution in [0.15, 0.2) is 42.5 Å². The van der Waals surface area contributed by atoms with Crippen molar-refractivity contribution in [2.45, 2.75) is 6.42 Å². The molecular weight excluding hydrogens is 389 g/mol. The maximum atomic E-state index is 12.8. The van der Waals surface area contributed by atoms with E-state index in [2.05, 4.69) is 10.9 Å². The lowest BCUT2D eigenvalue weighted by Gasteiger charge is -2.16. The SMILES string of the molecule is CS(=O)(=O)N1CCc2cc(C(=O)NNC(=O)COc3ccc(F)cc3)ccc21. The molecule has 0 bridgehead atoms. The van der Waals surface area contributed by atoms with Crippen LogP contribution in [-0.2, 0) is 21.2 Å². The Kier molecular flexibility index (Phi) is 5.50. The topological polar surface area (TPSA) is 105 Å². The van der Waals surface area contributed by atoms with Crippen molar-refractivity contribution in [3.05, 3.63) is 59.4 Å². The monoisotopic (exact) mass is 407 g/mol. The van der Waals surface area contributed by atoms with Gasteiger partial charge in [0.1, 0.15) is 11.6 Å². The fourth-order valence-corrected chi connectivity index (χ4v) is 3.73. The van der Waals surface area contributed by atoms with Gasteiger partial charge in [0, 0.05) is 12.1 Å². The Hall–Kier alpha value is -3.14. The summed E-state index contributed by atoms with van der Waals surface area (Å²) >= 11 is 0. The fraction of sp³-hybridized carbons (Fsp3) is 0.222. The molecule has 28 heavy (non-hydrogen) atoms. The van der Waals surface area contributed by atoms with Crippen molar-refractivity contribution < 1.29 is 27.1 Å². The Morgan fingerprint density at radius 2 is 1.86 bits per heavy atom. The van der Waals surface area contributed by atoms with E-state index in [1.165, 1.54) is 34.6 Å². The van der Waals surface area contributed by atoms with E-state index in [1.807, 2.05) is 0 Å². The van der Waals surface area contributed by atoms with Gasteiger partial charge in [-0.3, -0.25) is 24.7 Å². The van der Waals surface area contributed by atoms with Gasteiger partial charge in [-0.25, -0.2) is 12.8 Å². The Labute approximate surface area is 161 Å². The van der Waals surface area contributed by atoms with E-state index in [4.69, 9.17) is 4.74 Å². The lowest BCUT2D eigenvalue weighted by atomic mass is 10.1. The first-order valence-electron chi connectivity index (χ1n) is 8.32. The number of hydrazine groups is 1. The molecule has 3 rings (SSSR count). The van der Waals surface area contributed by atoms with E-state index in [0.29, 0.717) is 24.4 Å². The van der Waals surface area contributed by atoms with Crippen LogP contribution in [0.4, 0.5) is 10.1 Å². The van der Waals surface area contributed by atoms with E-state index in [0.717, 1.165) is 11.8 Å². The number of carbonyl (C=O) groups excluding carboxylic acids is 2. The molecule has 0 aromatic heterocycles. The third-order valence-electron chi connectivity index (χ3n) is 4.09. The van der Waals surface area contributed by atoms with E-state index in [9.17, 15) is 22.4 Å². The lowest BCUT2D eigenvalue weighted by molar-refractivity contribution is -0.123. The molecule has 0 unspecified atom stereocenters. The second-order valence-electron chi connectivity index (χ2n) is 6.17. The highest BCUT2D eigenvalue weighted by atomic mass is 32.2. The molecule has 0 aliphatic carbocycles. The highest BCUT2D eigenvalue weighted by Gasteiger charge is 2.26. The quantitative estimate of drug-likeness (QED) is 0.720. The molecule has 1 aliphatic heterocycles. The van der Waals surface area contributed by atoms with E-state index >= 15 is 0 Å². The van der Waals surface area contributed by atoms with Gasteiger partial charge in [0.2, 0.25) is 10.0 Å². The first kappa shape index (κ1) is 19.6. The van der Waals surface area contributed by atoms with Gasteiger partial charge < -0.3 is 4.74 Å². The van der Waals surface area contributed by atoms with Gasteiger partial charge in [-0.15, -0.1) is 0 Å². The summed E-state index contributed by atoms with van der Waals surface area (Å²) < 4.78 is 42.8. The number of nitrogens with zero attached hydrogens (tertiary/aromatic N) is 1. The minimum absolute atomic E-state index is 0.286. The molecule has 1 aliphatic rings. The summed E-state index contributed by atoms with van der Waals surface area (Å²) in [6.07, 6.45) is 1.63. The van der Waals surface area contributed by atoms with Gasteiger partial charge >= 0.3 is 0 Å². The van der Waals surface area contributed by atoms with Crippen molar-refractivity contribution in [3.8, 4) is 5.75 Å². The standard InChI is InChI=1S/C18H18FN3O5S/c1-28(25,26)22-9-8-12-10-13(2-7-16(12)22)18(24)21-20-17(23)11-27-15-5-3-14(19)4-6-15/h2-7,10H,8-9,11H2,1H3,(H,20,23)(H,21,24). The van der Waals surface area contributed by atoms with E-state index < -0.39 is 27.7 Å². The number of carbonyl (C=O) groups is 2. The molecule has 0 saturated carbocycles. The number of sulfonamides is 1. The highest BCUT2D eigenvalue weighted by molar-refractivity contribution is 7.92. The number of fused-ring (bicyclic) bond motifs is 1. The van der Waals surface area contributed by atoms with Crippen LogP contribution in [0.5, 0.6) is 5.75 Å². The number of rotatable bonds is 5. The number of anilines is 1. The minimum Gasteiger partial charge on any atom is -0.484 e. The molecule has 0 spiro atoms. The third kappa shape index (κ3) is 4.58. The molecule has 2 amide bonds. The maximum absolute atomic E-state index is 12.8. The van der Waals surface area contributed by atoms with Gasteiger partial charge in [-0.1, -0.05) is 0 Å². The first-order valence-corrected chi connectivity index (χ1v) is 10.2. The molecule has 10 heteroatoms. The summed E-state index contributed by atoms with van der Waals surface area (Å²) in [5.41, 5.74) is 6.06. The summed E-state index contributed by atoms with van der Waals surface area (Å²) in [7, 11) is -3.36. The number of ether oxygens (including phenoxy) is 1. The predicted molar refractivity (Wildman–Crippen MR) is 99.8 cm³/mol. The van der Waals surface area contributed by atoms with E-state index in [-0.39, 0.29) is 12.2 Å². The average molecular weight is 407 g/mol. The zero-order valence-electron chi connectivity index (χ0n) is 14.9. The van der Waals surface area contributed by atoms with Crippen LogP contribution in [0.25, 0.3) is 0 Å². The Balaban J connectivity index is 1.54. The normalized spacial score (nSPS) is 13.0. The zero-order valence-corrected chi connectivity index (χ0v) is 15.8. The largest absolute Gasteiger partial charge is 0.484 e. The number of halogens is 1. The maximum Gasteiger partial charge on any atom is 0.276 e. The van der Waals surface area contributed by atoms with Gasteiger partial charge in [-0.05, 0) is 54.4 Å². The summed E-state index contributed by atoms with van der Waals surface area (Å²) in [5, 5.41) is 0. The second-order valence-corrected chi connectivity index (χ2v) is 8.08. The molecule has 0 radical (unpaired) electrons. The molecule has 2 aromatic carbocycles. The smallest absolute Gasteiger partial charge is 0.276 e. The molecular formula is C18H18FN3O5S. The zero-order chi connectivity index (χ0) is 20.3. The van der Waals surface area contributed by atoms with Crippen LogP contribution in [0.2, 0.25) is 0 Å². The lowest BCUT2D eigenvalue weighted by Crippen LogP contribution is -2.43. The molecule has 2 aromatic rings. The minimum atomic E-state index is -3.36. The highest BCUT2D eigenvalue weighted by Crippen LogP contribution is 2.30. The van der Waals surface area contributed by atoms with Crippen molar-refractivity contribution in [1.29, 1.82) is 0 Å². The fourth-order valence-electron chi connectivity index (χ4n) is 2.77. The van der Waals surface area contributed by atoms with Crippen LogP contribution >= 0.6 is 0 Å². The number of amides is 2. The average Bonchev–Trinajstić information content (AvgIpc) is 3.09. The van der Waals surface area contributed by atoms with Gasteiger partial charge in [-0.2, -0.15) is 0 Å². The second kappa shape index (κ2) is 7.85. The summed E-state index contributed by atoms with van der Waals surface area (Å²) in [6.45, 7) is -0.0316. The number of hydrogen-bond acceptors (Lipinski definition) is 5. The van der Waals surface area contributed by atoms with Crippen molar-refractivity contribution in [2.75, 3.05) is 23.7 Å². The van der Waals surface area contributed by atoms with Crippen LogP contribution in [0.1, 0.15) is 15.9 Å². The number of hydrogen-bond donors (Lipinski definition) is 2. The molecule has 0 saturated heterocycles. The molecule has 0 atom stereocenters. The van der Waals surface area contributed by atoms with Crippen molar-refractivity contribution in [2.24, 2.45) is 0 Å². The first-order chi connectivity index (χ1) is 13.2. The van der Waals surface area contributed by atoms with Crippen molar-refractivity contribution >= 4 is 27.5 Å². The molecule has 8 nitrogen and oxygen atoms in total. The molecule has 0 fully saturated rings. The summed E-state index contributed by atoms with van der Waals surface area (Å²) in [6, 6.07) is 9.81. The molecule has 1 heterocycles. The number of benzene rings is 2. The van der Waals surface area contributed by atoms with E-state index in [1.54, 1.807) is 12.1 Å². The van der Waals surface area contributed by atoms with Gasteiger partial charge in [0.25, 0.3) is 11.8 Å². The summed E-state index contributed by atoms with van der Waals surface area (Å²) in [4.78, 5) is 24.0. The van der Waals surface area contributed by atoms with Crippen LogP contribution in [0, 0.1) is 5.82 Å². The molecule has 148 valence electrons. The predicted octanol–water partition coefficient (Wildman–Crippen LogP) is 0.988. The van der Waals surface area contributed by atoms with Gasteiger partial charge in [0.15, 0.2) is 6.61 Å². The van der Waals surface area contributed by atoms with Crippen LogP contribution < -0.4 is 19.9 Å². The summed E-state index contributed by atoms with van der Waals surface area (Å²) in [5.74, 6) is -1.24. The Bertz CT molecular complexity index is 1010. The van der Waals surface area contributed by atoms with Crippen molar-refractivity contribution in [3.63, 3.8) is 0 Å².